The summed E-state index contributed by atoms with van der Waals surface area (Å²) >= 11 is 1.99. The maximum atomic E-state index is 2.40. The minimum absolute atomic E-state index is 0.584. The van der Waals surface area contributed by atoms with Crippen LogP contribution in [0.5, 0.6) is 0 Å². The van der Waals surface area contributed by atoms with Gasteiger partial charge in [0.15, 0.2) is 0 Å². The molecule has 0 aliphatic heterocycles. The minimum atomic E-state index is 0.584. The van der Waals surface area contributed by atoms with E-state index in [1.807, 2.05) is 11.8 Å². The largest absolute Gasteiger partial charge is 0.153 e. The molecule has 2 rings (SSSR count). The average molecular weight is 232 g/mol. The van der Waals surface area contributed by atoms with Gasteiger partial charge < -0.3 is 0 Å². The molecule has 1 aliphatic rings. The zero-order valence-electron chi connectivity index (χ0n) is 10.1. The van der Waals surface area contributed by atoms with Gasteiger partial charge in [0.1, 0.15) is 0 Å². The van der Waals surface area contributed by atoms with Crippen molar-refractivity contribution in [1.29, 1.82) is 0 Å². The molecule has 0 N–H and O–H groups in total. The second kappa shape index (κ2) is 5.09. The van der Waals surface area contributed by atoms with E-state index in [-0.39, 0.29) is 0 Å². The van der Waals surface area contributed by atoms with Crippen LogP contribution < -0.4 is 0 Å². The Morgan fingerprint density at radius 3 is 2.62 bits per heavy atom. The Kier molecular flexibility index (Phi) is 3.75. The monoisotopic (exact) mass is 232 g/mol. The van der Waals surface area contributed by atoms with Crippen molar-refractivity contribution in [3.8, 4) is 0 Å². The quantitative estimate of drug-likeness (QED) is 0.531. The molecule has 0 saturated heterocycles. The maximum Gasteiger partial charge on any atom is 0.0187 e. The van der Waals surface area contributed by atoms with Crippen LogP contribution in [0.15, 0.2) is 42.5 Å². The molecule has 0 nitrogen and oxygen atoms in total. The van der Waals surface area contributed by atoms with Crippen LogP contribution in [0.3, 0.4) is 0 Å². The van der Waals surface area contributed by atoms with Crippen molar-refractivity contribution < 1.29 is 0 Å². The van der Waals surface area contributed by atoms with Crippen LogP contribution in [0.1, 0.15) is 25.8 Å². The standard InChI is InChI=1S/C15H20S/c1-15(2)11-14(15)9-6-10-16-12-13-7-4-3-5-8-13/h3-9,14H,10-12H2,1-2H3/b9-6+. The Labute approximate surface area is 103 Å². The summed E-state index contributed by atoms with van der Waals surface area (Å²) in [7, 11) is 0. The molecule has 1 atom stereocenters. The molecule has 16 heavy (non-hydrogen) atoms. The molecule has 1 fully saturated rings. The molecule has 0 aromatic heterocycles. The number of thioether (sulfide) groups is 1. The lowest BCUT2D eigenvalue weighted by molar-refractivity contribution is 0.610. The molecule has 1 saturated carbocycles. The van der Waals surface area contributed by atoms with Gasteiger partial charge in [-0.3, -0.25) is 0 Å². The predicted molar refractivity (Wildman–Crippen MR) is 73.6 cm³/mol. The van der Waals surface area contributed by atoms with Gasteiger partial charge in [0, 0.05) is 11.5 Å². The molecule has 86 valence electrons. The van der Waals surface area contributed by atoms with Crippen molar-refractivity contribution in [3.63, 3.8) is 0 Å². The van der Waals surface area contributed by atoms with Gasteiger partial charge in [-0.05, 0) is 23.3 Å². The van der Waals surface area contributed by atoms with Crippen LogP contribution in [0.4, 0.5) is 0 Å². The van der Waals surface area contributed by atoms with E-state index in [0.717, 1.165) is 17.4 Å². The molecule has 0 spiro atoms. The molecular weight excluding hydrogens is 212 g/mol. The van der Waals surface area contributed by atoms with Crippen molar-refractivity contribution in [3.05, 3.63) is 48.0 Å². The predicted octanol–water partition coefficient (Wildman–Crippen LogP) is 4.52. The van der Waals surface area contributed by atoms with Gasteiger partial charge in [0.2, 0.25) is 0 Å². The van der Waals surface area contributed by atoms with E-state index >= 15 is 0 Å². The number of hydrogen-bond donors (Lipinski definition) is 0. The molecule has 1 aromatic carbocycles. The van der Waals surface area contributed by atoms with Crippen molar-refractivity contribution in [2.75, 3.05) is 5.75 Å². The highest BCUT2D eigenvalue weighted by Gasteiger charge is 2.43. The SMILES string of the molecule is CC1(C)CC1/C=C/CSCc1ccccc1. The summed E-state index contributed by atoms with van der Waals surface area (Å²) in [5, 5.41) is 0. The first kappa shape index (κ1) is 11.8. The highest BCUT2D eigenvalue weighted by Crippen LogP contribution is 2.52. The van der Waals surface area contributed by atoms with E-state index in [0.29, 0.717) is 5.41 Å². The van der Waals surface area contributed by atoms with Crippen LogP contribution in [-0.2, 0) is 5.75 Å². The fraction of sp³-hybridized carbons (Fsp3) is 0.467. The summed E-state index contributed by atoms with van der Waals surface area (Å²) in [5.41, 5.74) is 2.01. The summed E-state index contributed by atoms with van der Waals surface area (Å²) in [6.45, 7) is 4.69. The molecule has 0 amide bonds. The molecule has 0 radical (unpaired) electrons. The molecular formula is C15H20S. The van der Waals surface area contributed by atoms with Crippen LogP contribution >= 0.6 is 11.8 Å². The number of hydrogen-bond acceptors (Lipinski definition) is 1. The van der Waals surface area contributed by atoms with Gasteiger partial charge in [0.25, 0.3) is 0 Å². The fourth-order valence-electron chi connectivity index (χ4n) is 1.88. The summed E-state index contributed by atoms with van der Waals surface area (Å²) in [5.74, 6) is 3.10. The van der Waals surface area contributed by atoms with Crippen molar-refractivity contribution in [2.45, 2.75) is 26.0 Å². The van der Waals surface area contributed by atoms with Gasteiger partial charge in [-0.15, -0.1) is 0 Å². The third kappa shape index (κ3) is 3.41. The van der Waals surface area contributed by atoms with Gasteiger partial charge >= 0.3 is 0 Å². The zero-order chi connectivity index (χ0) is 11.4. The van der Waals surface area contributed by atoms with Gasteiger partial charge in [-0.1, -0.05) is 56.3 Å². The van der Waals surface area contributed by atoms with Crippen molar-refractivity contribution >= 4 is 11.8 Å². The Balaban J connectivity index is 1.63. The topological polar surface area (TPSA) is 0 Å². The van der Waals surface area contributed by atoms with Gasteiger partial charge in [-0.25, -0.2) is 0 Å². The first-order valence-electron chi connectivity index (χ1n) is 5.97. The maximum absolute atomic E-state index is 2.40. The van der Waals surface area contributed by atoms with E-state index in [1.165, 1.54) is 12.0 Å². The van der Waals surface area contributed by atoms with E-state index in [1.54, 1.807) is 0 Å². The highest BCUT2D eigenvalue weighted by molar-refractivity contribution is 7.98. The molecule has 1 unspecified atom stereocenters. The molecule has 1 heteroatoms. The van der Waals surface area contributed by atoms with E-state index in [4.69, 9.17) is 0 Å². The molecule has 0 bridgehead atoms. The summed E-state index contributed by atoms with van der Waals surface area (Å²) < 4.78 is 0. The minimum Gasteiger partial charge on any atom is -0.153 e. The number of benzene rings is 1. The summed E-state index contributed by atoms with van der Waals surface area (Å²) in [6, 6.07) is 10.7. The fourth-order valence-corrected chi connectivity index (χ4v) is 2.67. The van der Waals surface area contributed by atoms with Crippen molar-refractivity contribution in [2.24, 2.45) is 11.3 Å². The highest BCUT2D eigenvalue weighted by atomic mass is 32.2. The third-order valence-electron chi connectivity index (χ3n) is 3.28. The third-order valence-corrected chi connectivity index (χ3v) is 4.25. The smallest absolute Gasteiger partial charge is 0.0187 e. The van der Waals surface area contributed by atoms with Crippen LogP contribution in [-0.4, -0.2) is 5.75 Å². The van der Waals surface area contributed by atoms with Crippen LogP contribution in [0.2, 0.25) is 0 Å². The average Bonchev–Trinajstić information content (AvgIpc) is 2.87. The lowest BCUT2D eigenvalue weighted by atomic mass is 10.1. The lowest BCUT2D eigenvalue weighted by Gasteiger charge is -1.99. The summed E-state index contributed by atoms with van der Waals surface area (Å²) in [6.07, 6.45) is 6.11. The Bertz CT molecular complexity index is 351. The Morgan fingerprint density at radius 1 is 1.31 bits per heavy atom. The van der Waals surface area contributed by atoms with Crippen LogP contribution in [0.25, 0.3) is 0 Å². The Morgan fingerprint density at radius 2 is 2.00 bits per heavy atom. The van der Waals surface area contributed by atoms with Gasteiger partial charge in [-0.2, -0.15) is 11.8 Å². The van der Waals surface area contributed by atoms with Crippen LogP contribution in [0, 0.1) is 11.3 Å². The first-order chi connectivity index (χ1) is 7.68. The number of allylic oxidation sites excluding steroid dienone is 1. The molecule has 1 aliphatic carbocycles. The zero-order valence-corrected chi connectivity index (χ0v) is 11.0. The molecule has 1 aromatic rings. The van der Waals surface area contributed by atoms with E-state index in [9.17, 15) is 0 Å². The lowest BCUT2D eigenvalue weighted by Crippen LogP contribution is -1.86. The van der Waals surface area contributed by atoms with Gasteiger partial charge in [0.05, 0.1) is 0 Å². The summed E-state index contributed by atoms with van der Waals surface area (Å²) in [4.78, 5) is 0. The first-order valence-corrected chi connectivity index (χ1v) is 7.12. The normalized spacial score (nSPS) is 22.5. The van der Waals surface area contributed by atoms with E-state index < -0.39 is 0 Å². The second-order valence-electron chi connectivity index (χ2n) is 5.23. The number of rotatable bonds is 5. The van der Waals surface area contributed by atoms with E-state index in [2.05, 4.69) is 56.3 Å². The van der Waals surface area contributed by atoms with Crippen molar-refractivity contribution in [1.82, 2.24) is 0 Å². The second-order valence-corrected chi connectivity index (χ2v) is 6.26. The molecule has 0 heterocycles. The Hall–Kier alpha value is -0.690.